The van der Waals surface area contributed by atoms with Gasteiger partial charge in [-0.15, -0.1) is 0 Å². The van der Waals surface area contributed by atoms with Gasteiger partial charge in [0, 0.05) is 5.39 Å². The van der Waals surface area contributed by atoms with E-state index in [1.165, 1.54) is 6.07 Å². The maximum atomic E-state index is 11.5. The first-order valence-electron chi connectivity index (χ1n) is 4.28. The van der Waals surface area contributed by atoms with Crippen LogP contribution in [0.5, 0.6) is 0 Å². The lowest BCUT2D eigenvalue weighted by molar-refractivity contribution is -0.326. The molecule has 0 aliphatic carbocycles. The summed E-state index contributed by atoms with van der Waals surface area (Å²) in [4.78, 5) is 13.6. The first-order valence-corrected chi connectivity index (χ1v) is 4.28. The number of pyridine rings is 1. The SMILES string of the molecule is O=c1[nH]c(C(O)(O)O)cc2ccccc12. The van der Waals surface area contributed by atoms with Gasteiger partial charge < -0.3 is 20.3 Å². The number of aromatic nitrogens is 1. The Bertz CT molecular complexity index is 553. The van der Waals surface area contributed by atoms with Crippen molar-refractivity contribution in [1.82, 2.24) is 4.98 Å². The molecule has 0 aliphatic heterocycles. The van der Waals surface area contributed by atoms with Gasteiger partial charge in [0.05, 0.1) is 0 Å². The summed E-state index contributed by atoms with van der Waals surface area (Å²) < 4.78 is 0. The van der Waals surface area contributed by atoms with Gasteiger partial charge in [-0.25, -0.2) is 0 Å². The van der Waals surface area contributed by atoms with Crippen molar-refractivity contribution < 1.29 is 15.3 Å². The summed E-state index contributed by atoms with van der Waals surface area (Å²) in [5, 5.41) is 27.7. The van der Waals surface area contributed by atoms with Crippen LogP contribution in [0, 0.1) is 0 Å². The zero-order chi connectivity index (χ0) is 11.1. The maximum absolute atomic E-state index is 11.5. The smallest absolute Gasteiger partial charge is 0.320 e. The summed E-state index contributed by atoms with van der Waals surface area (Å²) in [6.45, 7) is 0. The number of fused-ring (bicyclic) bond motifs is 1. The minimum Gasteiger partial charge on any atom is -0.339 e. The van der Waals surface area contributed by atoms with E-state index >= 15 is 0 Å². The van der Waals surface area contributed by atoms with Gasteiger partial charge in [-0.2, -0.15) is 0 Å². The van der Waals surface area contributed by atoms with Crippen LogP contribution in [0.1, 0.15) is 5.69 Å². The Morgan fingerprint density at radius 1 is 1.13 bits per heavy atom. The topological polar surface area (TPSA) is 93.6 Å². The van der Waals surface area contributed by atoms with Crippen LogP contribution in [0.15, 0.2) is 35.1 Å². The largest absolute Gasteiger partial charge is 0.339 e. The highest BCUT2D eigenvalue weighted by molar-refractivity contribution is 5.81. The lowest BCUT2D eigenvalue weighted by atomic mass is 10.1. The van der Waals surface area contributed by atoms with Crippen molar-refractivity contribution >= 4 is 10.8 Å². The average molecular weight is 207 g/mol. The molecule has 0 spiro atoms. The predicted octanol–water partition coefficient (Wildman–Crippen LogP) is -0.385. The van der Waals surface area contributed by atoms with Gasteiger partial charge in [0.25, 0.3) is 5.56 Å². The second-order valence-electron chi connectivity index (χ2n) is 3.23. The van der Waals surface area contributed by atoms with Crippen molar-refractivity contribution in [1.29, 1.82) is 0 Å². The standard InChI is InChI=1S/C10H9NO4/c12-9-7-4-2-1-3-6(7)5-8(11-9)10(13,14)15/h1-5,13-15H,(H,11,12). The number of aliphatic hydroxyl groups is 3. The molecule has 0 radical (unpaired) electrons. The lowest BCUT2D eigenvalue weighted by Crippen LogP contribution is -2.28. The molecule has 2 rings (SSSR count). The summed E-state index contributed by atoms with van der Waals surface area (Å²) >= 11 is 0. The zero-order valence-electron chi connectivity index (χ0n) is 7.64. The zero-order valence-corrected chi connectivity index (χ0v) is 7.64. The molecule has 1 aromatic carbocycles. The molecule has 2 aromatic rings. The molecular weight excluding hydrogens is 198 g/mol. The van der Waals surface area contributed by atoms with Crippen molar-refractivity contribution in [3.05, 3.63) is 46.4 Å². The number of hydrogen-bond donors (Lipinski definition) is 4. The van der Waals surface area contributed by atoms with E-state index < -0.39 is 11.5 Å². The van der Waals surface area contributed by atoms with Crippen LogP contribution in [-0.4, -0.2) is 20.3 Å². The van der Waals surface area contributed by atoms with Crippen LogP contribution < -0.4 is 5.56 Å². The van der Waals surface area contributed by atoms with Gasteiger partial charge in [0.15, 0.2) is 0 Å². The second-order valence-corrected chi connectivity index (χ2v) is 3.23. The molecule has 0 fully saturated rings. The van der Waals surface area contributed by atoms with Crippen LogP contribution in [0.3, 0.4) is 0 Å². The van der Waals surface area contributed by atoms with Gasteiger partial charge in [0.2, 0.25) is 0 Å². The average Bonchev–Trinajstić information content (AvgIpc) is 2.16. The Hall–Kier alpha value is -1.69. The number of hydrogen-bond acceptors (Lipinski definition) is 4. The van der Waals surface area contributed by atoms with E-state index in [2.05, 4.69) is 4.98 Å². The fraction of sp³-hybridized carbons (Fsp3) is 0.100. The highest BCUT2D eigenvalue weighted by atomic mass is 16.7. The van der Waals surface area contributed by atoms with Crippen LogP contribution in [0.25, 0.3) is 10.8 Å². The first kappa shape index (κ1) is 9.85. The molecule has 1 heterocycles. The first-order chi connectivity index (χ1) is 6.98. The van der Waals surface area contributed by atoms with Crippen LogP contribution in [0.2, 0.25) is 0 Å². The number of aromatic amines is 1. The van der Waals surface area contributed by atoms with Crippen LogP contribution >= 0.6 is 0 Å². The molecular formula is C10H9NO4. The molecule has 0 saturated carbocycles. The Labute approximate surface area is 84.2 Å². The third-order valence-corrected chi connectivity index (χ3v) is 2.11. The van der Waals surface area contributed by atoms with Gasteiger partial charge >= 0.3 is 5.97 Å². The summed E-state index contributed by atoms with van der Waals surface area (Å²) in [6.07, 6.45) is 0. The quantitative estimate of drug-likeness (QED) is 0.479. The molecule has 4 N–H and O–H groups in total. The molecule has 0 aliphatic rings. The fourth-order valence-corrected chi connectivity index (χ4v) is 1.39. The molecule has 0 amide bonds. The summed E-state index contributed by atoms with van der Waals surface area (Å²) in [7, 11) is 0. The van der Waals surface area contributed by atoms with Crippen molar-refractivity contribution in [2.75, 3.05) is 0 Å². The van der Waals surface area contributed by atoms with Gasteiger partial charge in [-0.3, -0.25) is 4.79 Å². The summed E-state index contributed by atoms with van der Waals surface area (Å²) in [5.74, 6) is -3.02. The Kier molecular flexibility index (Phi) is 2.08. The molecule has 5 heteroatoms. The highest BCUT2D eigenvalue weighted by Gasteiger charge is 2.23. The van der Waals surface area contributed by atoms with E-state index in [1.807, 2.05) is 0 Å². The molecule has 1 aromatic heterocycles. The van der Waals surface area contributed by atoms with Crippen molar-refractivity contribution in [3.63, 3.8) is 0 Å². The van der Waals surface area contributed by atoms with Crippen molar-refractivity contribution in [2.24, 2.45) is 0 Å². The molecule has 78 valence electrons. The Morgan fingerprint density at radius 2 is 1.80 bits per heavy atom. The molecule has 5 nitrogen and oxygen atoms in total. The van der Waals surface area contributed by atoms with Crippen LogP contribution in [-0.2, 0) is 5.97 Å². The third-order valence-electron chi connectivity index (χ3n) is 2.11. The second kappa shape index (κ2) is 3.16. The molecule has 0 bridgehead atoms. The van der Waals surface area contributed by atoms with Crippen molar-refractivity contribution in [2.45, 2.75) is 5.97 Å². The predicted molar refractivity (Wildman–Crippen MR) is 52.9 cm³/mol. The van der Waals surface area contributed by atoms with Crippen molar-refractivity contribution in [3.8, 4) is 0 Å². The lowest BCUT2D eigenvalue weighted by Gasteiger charge is -2.13. The minimum absolute atomic E-state index is 0.355. The Balaban J connectivity index is 2.79. The number of benzene rings is 1. The third kappa shape index (κ3) is 1.75. The van der Waals surface area contributed by atoms with Gasteiger partial charge in [0.1, 0.15) is 5.69 Å². The number of nitrogens with one attached hydrogen (secondary N) is 1. The number of rotatable bonds is 1. The Morgan fingerprint density at radius 3 is 2.47 bits per heavy atom. The van der Waals surface area contributed by atoms with E-state index in [-0.39, 0.29) is 5.69 Å². The van der Waals surface area contributed by atoms with E-state index in [4.69, 9.17) is 15.3 Å². The molecule has 15 heavy (non-hydrogen) atoms. The minimum atomic E-state index is -3.02. The van der Waals surface area contributed by atoms with Gasteiger partial charge in [-0.1, -0.05) is 18.2 Å². The highest BCUT2D eigenvalue weighted by Crippen LogP contribution is 2.15. The monoisotopic (exact) mass is 207 g/mol. The van der Waals surface area contributed by atoms with E-state index in [0.29, 0.717) is 10.8 Å². The van der Waals surface area contributed by atoms with E-state index in [0.717, 1.165) is 0 Å². The van der Waals surface area contributed by atoms with Crippen LogP contribution in [0.4, 0.5) is 0 Å². The molecule has 0 saturated heterocycles. The normalized spacial score (nSPS) is 11.9. The van der Waals surface area contributed by atoms with E-state index in [9.17, 15) is 4.79 Å². The summed E-state index contributed by atoms with van der Waals surface area (Å²) in [5.41, 5.74) is -0.837. The fourth-order valence-electron chi connectivity index (χ4n) is 1.39. The number of H-pyrrole nitrogens is 1. The summed E-state index contributed by atoms with van der Waals surface area (Å²) in [6, 6.07) is 7.95. The molecule has 0 unspecified atom stereocenters. The van der Waals surface area contributed by atoms with E-state index in [1.54, 1.807) is 24.3 Å². The molecule has 0 atom stereocenters. The maximum Gasteiger partial charge on any atom is 0.320 e. The van der Waals surface area contributed by atoms with Gasteiger partial charge in [-0.05, 0) is 17.5 Å².